The third kappa shape index (κ3) is 2.53. The summed E-state index contributed by atoms with van der Waals surface area (Å²) in [4.78, 5) is 14.3. The Hall–Kier alpha value is -0.650. The van der Waals surface area contributed by atoms with Gasteiger partial charge in [-0.1, -0.05) is 0 Å². The number of fused-ring (bicyclic) bond motifs is 1. The maximum absolute atomic E-state index is 11.0. The molecule has 3 aliphatic rings. The first-order chi connectivity index (χ1) is 8.38. The molecule has 2 fully saturated rings. The van der Waals surface area contributed by atoms with Crippen LogP contribution in [-0.4, -0.2) is 37.0 Å². The molecule has 0 aromatic rings. The molecule has 3 rings (SSSR count). The molecule has 0 aromatic carbocycles. The average Bonchev–Trinajstić information content (AvgIpc) is 2.86. The van der Waals surface area contributed by atoms with Gasteiger partial charge in [0.2, 0.25) is 6.41 Å². The third-order valence-electron chi connectivity index (χ3n) is 3.90. The van der Waals surface area contributed by atoms with E-state index >= 15 is 0 Å². The summed E-state index contributed by atoms with van der Waals surface area (Å²) < 4.78 is 3.19. The molecule has 4 nitrogen and oxygen atoms in total. The summed E-state index contributed by atoms with van der Waals surface area (Å²) in [5, 5.41) is 3.52. The normalized spacial score (nSPS) is 34.1. The predicted molar refractivity (Wildman–Crippen MR) is 76.2 cm³/mol. The van der Waals surface area contributed by atoms with Gasteiger partial charge in [0.1, 0.15) is 0 Å². The van der Waals surface area contributed by atoms with Gasteiger partial charge in [-0.25, -0.2) is 0 Å². The largest absolute Gasteiger partial charge is 0.343 e. The van der Waals surface area contributed by atoms with Crippen LogP contribution in [0.1, 0.15) is 6.42 Å². The van der Waals surface area contributed by atoms with Gasteiger partial charge in [-0.3, -0.25) is 4.79 Å². The Morgan fingerprint density at radius 2 is 2.33 bits per heavy atom. The second-order valence-corrected chi connectivity index (χ2v) is 5.74. The summed E-state index contributed by atoms with van der Waals surface area (Å²) in [5.74, 6) is 1.16. The van der Waals surface area contributed by atoms with Crippen LogP contribution in [0.2, 0.25) is 0 Å². The summed E-state index contributed by atoms with van der Waals surface area (Å²) >= 11 is 1.69. The fraction of sp³-hybridized carbons (Fsp3) is 0.583. The molecule has 0 aliphatic carbocycles. The summed E-state index contributed by atoms with van der Waals surface area (Å²) in [6.07, 6.45) is 8.38. The second-order valence-electron chi connectivity index (χ2n) is 4.83. The standard InChI is InChI=1S/C12H17N3OS.ClH/c16-8-15-6-10(12-2-1-4-14-17-12)9-3-5-13-11(9)7-15;/h1-2,4,8-11,13-14H,3,5-7H2;1H/t9-,10?,11+;/m0./s1. The van der Waals surface area contributed by atoms with Crippen molar-refractivity contribution < 1.29 is 4.79 Å². The molecule has 6 heteroatoms. The average molecular weight is 288 g/mol. The number of hydrogen-bond acceptors (Lipinski definition) is 4. The highest BCUT2D eigenvalue weighted by atomic mass is 35.5. The lowest BCUT2D eigenvalue weighted by molar-refractivity contribution is -0.120. The minimum atomic E-state index is 0. The molecule has 1 amide bonds. The number of hydrogen-bond donors (Lipinski definition) is 2. The first-order valence-electron chi connectivity index (χ1n) is 6.10. The molecular formula is C12H18ClN3OS. The van der Waals surface area contributed by atoms with Crippen molar-refractivity contribution in [2.24, 2.45) is 11.8 Å². The van der Waals surface area contributed by atoms with Crippen molar-refractivity contribution >= 4 is 30.8 Å². The Kier molecular flexibility index (Phi) is 4.59. The topological polar surface area (TPSA) is 44.4 Å². The van der Waals surface area contributed by atoms with Crippen molar-refractivity contribution in [3.63, 3.8) is 0 Å². The molecule has 2 saturated heterocycles. The third-order valence-corrected chi connectivity index (χ3v) is 4.82. The van der Waals surface area contributed by atoms with Gasteiger partial charge < -0.3 is 14.9 Å². The van der Waals surface area contributed by atoms with Crippen LogP contribution in [0.5, 0.6) is 0 Å². The minimum absolute atomic E-state index is 0. The monoisotopic (exact) mass is 287 g/mol. The highest BCUT2D eigenvalue weighted by Gasteiger charge is 2.41. The van der Waals surface area contributed by atoms with E-state index in [4.69, 9.17) is 0 Å². The van der Waals surface area contributed by atoms with Gasteiger partial charge in [-0.2, -0.15) is 0 Å². The number of amides is 1. The van der Waals surface area contributed by atoms with E-state index in [2.05, 4.69) is 16.1 Å². The van der Waals surface area contributed by atoms with Crippen LogP contribution >= 0.6 is 24.4 Å². The number of piperidine rings is 1. The number of rotatable bonds is 2. The Morgan fingerprint density at radius 1 is 1.44 bits per heavy atom. The lowest BCUT2D eigenvalue weighted by atomic mass is 9.82. The molecule has 18 heavy (non-hydrogen) atoms. The zero-order valence-electron chi connectivity index (χ0n) is 10.0. The first kappa shape index (κ1) is 13.8. The molecule has 0 spiro atoms. The molecule has 3 atom stereocenters. The van der Waals surface area contributed by atoms with E-state index < -0.39 is 0 Å². The molecule has 100 valence electrons. The Bertz CT molecular complexity index is 374. The van der Waals surface area contributed by atoms with E-state index in [1.54, 1.807) is 11.9 Å². The fourth-order valence-electron chi connectivity index (χ4n) is 3.09. The number of nitrogens with one attached hydrogen (secondary N) is 2. The molecule has 3 aliphatic heterocycles. The molecule has 0 bridgehead atoms. The second kappa shape index (κ2) is 5.99. The maximum Gasteiger partial charge on any atom is 0.209 e. The molecular weight excluding hydrogens is 270 g/mol. The SMILES string of the molecule is Cl.O=CN1CC(C2=CC=CNS2)[C@@H]2CCN[C@@H]2C1. The summed E-state index contributed by atoms with van der Waals surface area (Å²) in [7, 11) is 0. The zero-order valence-corrected chi connectivity index (χ0v) is 11.7. The lowest BCUT2D eigenvalue weighted by Crippen LogP contribution is -2.50. The molecule has 2 N–H and O–H groups in total. The van der Waals surface area contributed by atoms with Crippen LogP contribution in [0.15, 0.2) is 23.3 Å². The lowest BCUT2D eigenvalue weighted by Gasteiger charge is -2.40. The van der Waals surface area contributed by atoms with E-state index in [1.165, 1.54) is 11.3 Å². The van der Waals surface area contributed by atoms with Crippen molar-refractivity contribution in [1.29, 1.82) is 0 Å². The van der Waals surface area contributed by atoms with Crippen molar-refractivity contribution in [2.45, 2.75) is 12.5 Å². The Labute approximate surface area is 118 Å². The van der Waals surface area contributed by atoms with Gasteiger partial charge >= 0.3 is 0 Å². The highest BCUT2D eigenvalue weighted by Crippen LogP contribution is 2.38. The predicted octanol–water partition coefficient (Wildman–Crippen LogP) is 1.12. The molecule has 0 saturated carbocycles. The number of halogens is 1. The Morgan fingerprint density at radius 3 is 3.06 bits per heavy atom. The van der Waals surface area contributed by atoms with E-state index in [0.717, 1.165) is 26.0 Å². The van der Waals surface area contributed by atoms with Crippen molar-refractivity contribution in [2.75, 3.05) is 19.6 Å². The van der Waals surface area contributed by atoms with Crippen molar-refractivity contribution in [3.8, 4) is 0 Å². The van der Waals surface area contributed by atoms with E-state index in [1.807, 2.05) is 17.2 Å². The van der Waals surface area contributed by atoms with Crippen LogP contribution in [0, 0.1) is 11.8 Å². The maximum atomic E-state index is 11.0. The number of allylic oxidation sites excluding steroid dienone is 2. The Balaban J connectivity index is 0.00000120. The number of likely N-dealkylation sites (tertiary alicyclic amines) is 1. The quantitative estimate of drug-likeness (QED) is 0.590. The molecule has 1 unspecified atom stereocenters. The van der Waals surface area contributed by atoms with Gasteiger partial charge in [0, 0.05) is 36.2 Å². The van der Waals surface area contributed by atoms with Gasteiger partial charge in [0.15, 0.2) is 0 Å². The van der Waals surface area contributed by atoms with Crippen molar-refractivity contribution in [3.05, 3.63) is 23.3 Å². The minimum Gasteiger partial charge on any atom is -0.343 e. The summed E-state index contributed by atoms with van der Waals surface area (Å²) in [6.45, 7) is 2.81. The number of nitrogens with zero attached hydrogens (tertiary/aromatic N) is 1. The van der Waals surface area contributed by atoms with Crippen LogP contribution in [0.4, 0.5) is 0 Å². The van der Waals surface area contributed by atoms with E-state index in [-0.39, 0.29) is 12.4 Å². The van der Waals surface area contributed by atoms with E-state index in [9.17, 15) is 4.79 Å². The van der Waals surface area contributed by atoms with Gasteiger partial charge in [0.05, 0.1) is 0 Å². The molecule has 0 radical (unpaired) electrons. The first-order valence-corrected chi connectivity index (χ1v) is 6.92. The van der Waals surface area contributed by atoms with Gasteiger partial charge in [-0.05, 0) is 43.0 Å². The molecule has 3 heterocycles. The number of carbonyl (C=O) groups excluding carboxylic acids is 1. The van der Waals surface area contributed by atoms with Crippen LogP contribution in [-0.2, 0) is 4.79 Å². The summed E-state index contributed by atoms with van der Waals surface area (Å²) in [6, 6.07) is 0.478. The molecule has 0 aromatic heterocycles. The van der Waals surface area contributed by atoms with Crippen LogP contribution in [0.3, 0.4) is 0 Å². The van der Waals surface area contributed by atoms with Crippen LogP contribution in [0.25, 0.3) is 0 Å². The van der Waals surface area contributed by atoms with Gasteiger partial charge in [0.25, 0.3) is 0 Å². The van der Waals surface area contributed by atoms with E-state index in [0.29, 0.717) is 17.9 Å². The highest BCUT2D eigenvalue weighted by molar-refractivity contribution is 8.01. The van der Waals surface area contributed by atoms with Crippen molar-refractivity contribution in [1.82, 2.24) is 14.9 Å². The zero-order chi connectivity index (χ0) is 11.7. The smallest absolute Gasteiger partial charge is 0.209 e. The number of carbonyl (C=O) groups is 1. The van der Waals surface area contributed by atoms with Crippen LogP contribution < -0.4 is 10.0 Å². The summed E-state index contributed by atoms with van der Waals surface area (Å²) in [5.41, 5.74) is 0. The fourth-order valence-corrected chi connectivity index (χ4v) is 3.92. The van der Waals surface area contributed by atoms with Gasteiger partial charge in [-0.15, -0.1) is 12.4 Å².